The molecule has 0 bridgehead atoms. The maximum Gasteiger partial charge on any atom is 0.199 e. The van der Waals surface area contributed by atoms with E-state index >= 15 is 0 Å². The molecular weight excluding hydrogens is 242 g/mol. The van der Waals surface area contributed by atoms with Gasteiger partial charge in [-0.15, -0.1) is 0 Å². The lowest BCUT2D eigenvalue weighted by Gasteiger charge is -2.10. The molecule has 2 aromatic rings. The summed E-state index contributed by atoms with van der Waals surface area (Å²) in [6, 6.07) is 6.66. The van der Waals surface area contributed by atoms with Crippen LogP contribution in [0.4, 0.5) is 11.5 Å². The third-order valence-electron chi connectivity index (χ3n) is 2.92. The van der Waals surface area contributed by atoms with Gasteiger partial charge in [-0.25, -0.2) is 4.98 Å². The van der Waals surface area contributed by atoms with Gasteiger partial charge in [0.15, 0.2) is 5.78 Å². The topological polar surface area (TPSA) is 91.2 Å². The Morgan fingerprint density at radius 1 is 1.26 bits per heavy atom. The van der Waals surface area contributed by atoms with E-state index in [2.05, 4.69) is 4.98 Å². The largest absolute Gasteiger partial charge is 0.497 e. The highest BCUT2D eigenvalue weighted by molar-refractivity contribution is 6.15. The molecule has 0 spiro atoms. The third kappa shape index (κ3) is 2.35. The summed E-state index contributed by atoms with van der Waals surface area (Å²) < 4.78 is 5.05. The molecule has 5 heteroatoms. The molecule has 19 heavy (non-hydrogen) atoms. The highest BCUT2D eigenvalue weighted by Gasteiger charge is 2.18. The molecule has 4 N–H and O–H groups in total. The SMILES string of the molecule is COc1ccc(C(=O)c2c(C)ccnc2N)c(N)c1. The van der Waals surface area contributed by atoms with Gasteiger partial charge in [0.25, 0.3) is 0 Å². The number of methoxy groups -OCH3 is 1. The van der Waals surface area contributed by atoms with E-state index in [-0.39, 0.29) is 11.6 Å². The maximum absolute atomic E-state index is 12.5. The predicted molar refractivity (Wildman–Crippen MR) is 74.2 cm³/mol. The van der Waals surface area contributed by atoms with Gasteiger partial charge in [-0.3, -0.25) is 4.79 Å². The lowest BCUT2D eigenvalue weighted by atomic mass is 9.98. The first-order valence-corrected chi connectivity index (χ1v) is 5.74. The van der Waals surface area contributed by atoms with Crippen molar-refractivity contribution in [3.63, 3.8) is 0 Å². The summed E-state index contributed by atoms with van der Waals surface area (Å²) >= 11 is 0. The first-order valence-electron chi connectivity index (χ1n) is 5.74. The van der Waals surface area contributed by atoms with Gasteiger partial charge in [0.2, 0.25) is 0 Å². The van der Waals surface area contributed by atoms with Gasteiger partial charge >= 0.3 is 0 Å². The Bertz CT molecular complexity index is 618. The first kappa shape index (κ1) is 12.9. The number of benzene rings is 1. The van der Waals surface area contributed by atoms with Crippen LogP contribution in [0.2, 0.25) is 0 Å². The molecular formula is C14H15N3O2. The average Bonchev–Trinajstić information content (AvgIpc) is 2.38. The van der Waals surface area contributed by atoms with Gasteiger partial charge in [-0.1, -0.05) is 0 Å². The minimum atomic E-state index is -0.233. The van der Waals surface area contributed by atoms with Crippen LogP contribution in [0, 0.1) is 6.92 Å². The maximum atomic E-state index is 12.5. The fourth-order valence-corrected chi connectivity index (χ4v) is 1.88. The number of aryl methyl sites for hydroxylation is 1. The normalized spacial score (nSPS) is 10.2. The summed E-state index contributed by atoms with van der Waals surface area (Å²) in [5, 5.41) is 0. The quantitative estimate of drug-likeness (QED) is 0.646. The number of nitrogen functional groups attached to an aromatic ring is 2. The van der Waals surface area contributed by atoms with Crippen molar-refractivity contribution in [2.45, 2.75) is 6.92 Å². The molecule has 0 atom stereocenters. The molecule has 0 fully saturated rings. The summed E-state index contributed by atoms with van der Waals surface area (Å²) in [5.74, 6) is 0.577. The molecule has 1 heterocycles. The van der Waals surface area contributed by atoms with E-state index in [9.17, 15) is 4.79 Å². The molecule has 2 rings (SSSR count). The number of hydrogen-bond donors (Lipinski definition) is 2. The van der Waals surface area contributed by atoms with Gasteiger partial charge in [-0.2, -0.15) is 0 Å². The van der Waals surface area contributed by atoms with Crippen LogP contribution in [0.25, 0.3) is 0 Å². The van der Waals surface area contributed by atoms with E-state index in [0.29, 0.717) is 22.6 Å². The fraction of sp³-hybridized carbons (Fsp3) is 0.143. The predicted octanol–water partition coefficient (Wildman–Crippen LogP) is 1.79. The zero-order chi connectivity index (χ0) is 14.0. The minimum Gasteiger partial charge on any atom is -0.497 e. The summed E-state index contributed by atoms with van der Waals surface area (Å²) in [4.78, 5) is 16.4. The van der Waals surface area contributed by atoms with Crippen molar-refractivity contribution in [2.75, 3.05) is 18.6 Å². The van der Waals surface area contributed by atoms with Gasteiger partial charge in [0.05, 0.1) is 12.7 Å². The zero-order valence-corrected chi connectivity index (χ0v) is 10.8. The van der Waals surface area contributed by atoms with Crippen LogP contribution in [0.1, 0.15) is 21.5 Å². The number of ketones is 1. The van der Waals surface area contributed by atoms with E-state index in [4.69, 9.17) is 16.2 Å². The summed E-state index contributed by atoms with van der Waals surface area (Å²) in [6.45, 7) is 1.81. The van der Waals surface area contributed by atoms with E-state index in [0.717, 1.165) is 5.56 Å². The van der Waals surface area contributed by atoms with Crippen LogP contribution in [-0.4, -0.2) is 17.9 Å². The second-order valence-corrected chi connectivity index (χ2v) is 4.17. The lowest BCUT2D eigenvalue weighted by molar-refractivity contribution is 0.103. The Balaban J connectivity index is 2.51. The number of rotatable bonds is 3. The number of carbonyl (C=O) groups excluding carboxylic acids is 1. The van der Waals surface area contributed by atoms with Gasteiger partial charge in [0, 0.05) is 23.5 Å². The monoisotopic (exact) mass is 257 g/mol. The molecule has 0 aliphatic rings. The fourth-order valence-electron chi connectivity index (χ4n) is 1.88. The summed E-state index contributed by atoms with van der Waals surface area (Å²) in [7, 11) is 1.54. The molecule has 0 saturated carbocycles. The molecule has 0 saturated heterocycles. The average molecular weight is 257 g/mol. The van der Waals surface area contributed by atoms with Crippen LogP contribution in [0.3, 0.4) is 0 Å². The molecule has 0 amide bonds. The smallest absolute Gasteiger partial charge is 0.199 e. The number of ether oxygens (including phenoxy) is 1. The highest BCUT2D eigenvalue weighted by Crippen LogP contribution is 2.25. The number of carbonyl (C=O) groups is 1. The molecule has 0 aliphatic heterocycles. The van der Waals surface area contributed by atoms with Crippen molar-refractivity contribution in [1.29, 1.82) is 0 Å². The Kier molecular flexibility index (Phi) is 3.37. The van der Waals surface area contributed by atoms with Crippen LogP contribution in [-0.2, 0) is 0 Å². The van der Waals surface area contributed by atoms with Crippen LogP contribution in [0.15, 0.2) is 30.5 Å². The van der Waals surface area contributed by atoms with Gasteiger partial charge in [0.1, 0.15) is 11.6 Å². The van der Waals surface area contributed by atoms with Gasteiger partial charge < -0.3 is 16.2 Å². The van der Waals surface area contributed by atoms with Crippen molar-refractivity contribution in [3.8, 4) is 5.75 Å². The Morgan fingerprint density at radius 3 is 2.58 bits per heavy atom. The minimum absolute atomic E-state index is 0.209. The van der Waals surface area contributed by atoms with E-state index in [1.807, 2.05) is 6.92 Å². The number of pyridine rings is 1. The summed E-state index contributed by atoms with van der Waals surface area (Å²) in [6.07, 6.45) is 1.57. The molecule has 1 aromatic carbocycles. The van der Waals surface area contributed by atoms with Crippen LogP contribution >= 0.6 is 0 Å². The van der Waals surface area contributed by atoms with Crippen molar-refractivity contribution in [2.24, 2.45) is 0 Å². The molecule has 98 valence electrons. The number of nitrogens with zero attached hydrogens (tertiary/aromatic N) is 1. The Labute approximate surface area is 111 Å². The number of aromatic nitrogens is 1. The van der Waals surface area contributed by atoms with Gasteiger partial charge in [-0.05, 0) is 30.7 Å². The lowest BCUT2D eigenvalue weighted by Crippen LogP contribution is -2.11. The molecule has 5 nitrogen and oxygen atoms in total. The first-order chi connectivity index (χ1) is 9.04. The third-order valence-corrected chi connectivity index (χ3v) is 2.92. The van der Waals surface area contributed by atoms with Crippen LogP contribution < -0.4 is 16.2 Å². The van der Waals surface area contributed by atoms with Crippen LogP contribution in [0.5, 0.6) is 5.75 Å². The van der Waals surface area contributed by atoms with Crippen molar-refractivity contribution >= 4 is 17.3 Å². The Hall–Kier alpha value is -2.56. The van der Waals surface area contributed by atoms with Crippen molar-refractivity contribution in [1.82, 2.24) is 4.98 Å². The van der Waals surface area contributed by atoms with E-state index < -0.39 is 0 Å². The van der Waals surface area contributed by atoms with E-state index in [1.54, 1.807) is 37.6 Å². The Morgan fingerprint density at radius 2 is 2.00 bits per heavy atom. The van der Waals surface area contributed by atoms with Crippen molar-refractivity contribution in [3.05, 3.63) is 47.2 Å². The van der Waals surface area contributed by atoms with Crippen molar-refractivity contribution < 1.29 is 9.53 Å². The molecule has 0 unspecified atom stereocenters. The molecule has 0 aliphatic carbocycles. The molecule has 0 radical (unpaired) electrons. The van der Waals surface area contributed by atoms with E-state index in [1.165, 1.54) is 0 Å². The number of hydrogen-bond acceptors (Lipinski definition) is 5. The standard InChI is InChI=1S/C14H15N3O2/c1-8-5-6-17-14(16)12(8)13(18)10-4-3-9(19-2)7-11(10)15/h3-7H,15H2,1-2H3,(H2,16,17). The zero-order valence-electron chi connectivity index (χ0n) is 10.8. The second-order valence-electron chi connectivity index (χ2n) is 4.17. The number of anilines is 2. The summed E-state index contributed by atoms with van der Waals surface area (Å²) in [5.41, 5.74) is 13.5. The molecule has 1 aromatic heterocycles. The highest BCUT2D eigenvalue weighted by atomic mass is 16.5. The second kappa shape index (κ2) is 4.97. The number of nitrogens with two attached hydrogens (primary N) is 2.